The molecule has 0 aliphatic heterocycles. The number of nitrogens with two attached hydrogens (primary N) is 1. The Morgan fingerprint density at radius 3 is 2.85 bits per heavy atom. The first-order chi connectivity index (χ1) is 6.05. The fourth-order valence-corrected chi connectivity index (χ4v) is 1.60. The van der Waals surface area contributed by atoms with Crippen LogP contribution < -0.4 is 10.5 Å². The van der Waals surface area contributed by atoms with Gasteiger partial charge in [-0.2, -0.15) is 0 Å². The number of sulfonamides is 1. The van der Waals surface area contributed by atoms with Gasteiger partial charge in [-0.25, -0.2) is 8.42 Å². The zero-order valence-electron chi connectivity index (χ0n) is 7.14. The molecule has 1 aromatic rings. The summed E-state index contributed by atoms with van der Waals surface area (Å²) < 4.78 is 26.1. The summed E-state index contributed by atoms with van der Waals surface area (Å²) in [5, 5.41) is 7.09. The average Bonchev–Trinajstić information content (AvgIpc) is 2.35. The average molecular weight is 205 g/mol. The molecule has 13 heavy (non-hydrogen) atoms. The molecule has 1 aromatic heterocycles. The predicted octanol–water partition coefficient (Wildman–Crippen LogP) is -1.48. The van der Waals surface area contributed by atoms with Gasteiger partial charge in [0.05, 0.1) is 5.75 Å². The molecule has 1 heterocycles. The lowest BCUT2D eigenvalue weighted by Crippen LogP contribution is -2.23. The minimum atomic E-state index is -3.38. The summed E-state index contributed by atoms with van der Waals surface area (Å²) in [5.74, 6) is 0.0632. The Morgan fingerprint density at radius 1 is 1.69 bits per heavy atom. The van der Waals surface area contributed by atoms with E-state index in [1.807, 2.05) is 0 Å². The van der Waals surface area contributed by atoms with Gasteiger partial charge in [0.1, 0.15) is 6.33 Å². The maximum Gasteiger partial charge on any atom is 0.237 e. The number of hydrogen-bond donors (Lipinski definition) is 2. The van der Waals surface area contributed by atoms with Crippen LogP contribution in [0.5, 0.6) is 0 Å². The maximum absolute atomic E-state index is 11.2. The van der Waals surface area contributed by atoms with Crippen molar-refractivity contribution < 1.29 is 8.42 Å². The number of rotatable bonds is 4. The highest BCUT2D eigenvalue weighted by molar-refractivity contribution is 7.92. The Bertz CT molecular complexity index is 370. The van der Waals surface area contributed by atoms with Gasteiger partial charge in [-0.1, -0.05) is 0 Å². The van der Waals surface area contributed by atoms with Crippen molar-refractivity contribution in [1.82, 2.24) is 14.8 Å². The van der Waals surface area contributed by atoms with Crippen LogP contribution in [0.3, 0.4) is 0 Å². The van der Waals surface area contributed by atoms with Gasteiger partial charge in [-0.05, 0) is 0 Å². The lowest BCUT2D eigenvalue weighted by molar-refractivity contribution is 0.600. The Morgan fingerprint density at radius 2 is 2.38 bits per heavy atom. The van der Waals surface area contributed by atoms with E-state index in [1.54, 1.807) is 7.05 Å². The van der Waals surface area contributed by atoms with Gasteiger partial charge in [0.2, 0.25) is 16.0 Å². The standard InChI is InChI=1S/C5H11N5O2S/c1-10-4-7-8-5(10)9-13(11,12)3-2-6/h4H,2-3,6H2,1H3,(H,8,9). The molecule has 0 atom stereocenters. The van der Waals surface area contributed by atoms with Crippen molar-refractivity contribution in [2.75, 3.05) is 17.0 Å². The molecule has 0 radical (unpaired) electrons. The monoisotopic (exact) mass is 205 g/mol. The van der Waals surface area contributed by atoms with Gasteiger partial charge in [-0.3, -0.25) is 4.72 Å². The molecule has 0 aromatic carbocycles. The van der Waals surface area contributed by atoms with E-state index in [1.165, 1.54) is 10.9 Å². The molecule has 0 aliphatic carbocycles. The maximum atomic E-state index is 11.2. The Balaban J connectivity index is 2.75. The van der Waals surface area contributed by atoms with Crippen LogP contribution in [0, 0.1) is 0 Å². The van der Waals surface area contributed by atoms with Crippen molar-refractivity contribution in [1.29, 1.82) is 0 Å². The number of anilines is 1. The summed E-state index contributed by atoms with van der Waals surface area (Å²) in [4.78, 5) is 0. The Kier molecular flexibility index (Phi) is 2.83. The molecule has 8 heteroatoms. The Hall–Kier alpha value is -1.15. The van der Waals surface area contributed by atoms with Crippen LogP contribution in [0.15, 0.2) is 6.33 Å². The normalized spacial score (nSPS) is 11.5. The van der Waals surface area contributed by atoms with Gasteiger partial charge in [0.25, 0.3) is 0 Å². The van der Waals surface area contributed by atoms with Crippen molar-refractivity contribution in [3.05, 3.63) is 6.33 Å². The number of aryl methyl sites for hydroxylation is 1. The van der Waals surface area contributed by atoms with Crippen molar-refractivity contribution in [3.8, 4) is 0 Å². The molecular weight excluding hydrogens is 194 g/mol. The number of hydrogen-bond acceptors (Lipinski definition) is 5. The number of nitrogens with one attached hydrogen (secondary N) is 1. The van der Waals surface area contributed by atoms with Gasteiger partial charge < -0.3 is 10.3 Å². The topological polar surface area (TPSA) is 103 Å². The Labute approximate surface area is 76.0 Å². The van der Waals surface area contributed by atoms with Crippen LogP contribution >= 0.6 is 0 Å². The van der Waals surface area contributed by atoms with Gasteiger partial charge in [0, 0.05) is 13.6 Å². The molecule has 0 spiro atoms. The van der Waals surface area contributed by atoms with E-state index < -0.39 is 10.0 Å². The number of aromatic nitrogens is 3. The first-order valence-corrected chi connectivity index (χ1v) is 5.25. The highest BCUT2D eigenvalue weighted by Crippen LogP contribution is 2.01. The van der Waals surface area contributed by atoms with E-state index in [-0.39, 0.29) is 18.2 Å². The zero-order valence-corrected chi connectivity index (χ0v) is 7.95. The summed E-state index contributed by atoms with van der Waals surface area (Å²) in [5.41, 5.74) is 5.12. The molecule has 1 rings (SSSR count). The van der Waals surface area contributed by atoms with Crippen LogP contribution in [0.1, 0.15) is 0 Å². The van der Waals surface area contributed by atoms with E-state index in [4.69, 9.17) is 5.73 Å². The van der Waals surface area contributed by atoms with Crippen molar-refractivity contribution >= 4 is 16.0 Å². The first kappa shape index (κ1) is 9.93. The molecule has 0 amide bonds. The third-order valence-corrected chi connectivity index (χ3v) is 2.61. The SMILES string of the molecule is Cn1cnnc1NS(=O)(=O)CCN. The van der Waals surface area contributed by atoms with Crippen molar-refractivity contribution in [2.45, 2.75) is 0 Å². The van der Waals surface area contributed by atoms with E-state index in [0.29, 0.717) is 0 Å². The smallest absolute Gasteiger partial charge is 0.237 e. The molecule has 7 nitrogen and oxygen atoms in total. The van der Waals surface area contributed by atoms with Gasteiger partial charge in [-0.15, -0.1) is 10.2 Å². The van der Waals surface area contributed by atoms with E-state index >= 15 is 0 Å². The molecule has 74 valence electrons. The molecule has 0 saturated heterocycles. The second-order valence-electron chi connectivity index (χ2n) is 2.48. The summed E-state index contributed by atoms with van der Waals surface area (Å²) in [7, 11) is -1.74. The summed E-state index contributed by atoms with van der Waals surface area (Å²) in [6.45, 7) is 0.0766. The zero-order chi connectivity index (χ0) is 9.90. The van der Waals surface area contributed by atoms with Crippen molar-refractivity contribution in [2.24, 2.45) is 12.8 Å². The second-order valence-corrected chi connectivity index (χ2v) is 4.32. The third-order valence-electron chi connectivity index (χ3n) is 1.34. The highest BCUT2D eigenvalue weighted by Gasteiger charge is 2.11. The predicted molar refractivity (Wildman–Crippen MR) is 47.5 cm³/mol. The molecule has 0 aliphatic rings. The lowest BCUT2D eigenvalue weighted by atomic mass is 10.8. The molecule has 0 unspecified atom stereocenters. The molecule has 0 bridgehead atoms. The van der Waals surface area contributed by atoms with Crippen molar-refractivity contribution in [3.63, 3.8) is 0 Å². The van der Waals surface area contributed by atoms with E-state index in [0.717, 1.165) is 0 Å². The van der Waals surface area contributed by atoms with E-state index in [2.05, 4.69) is 14.9 Å². The van der Waals surface area contributed by atoms with Crippen LogP contribution in [0.25, 0.3) is 0 Å². The minimum Gasteiger partial charge on any atom is -0.329 e. The molecule has 0 saturated carbocycles. The van der Waals surface area contributed by atoms with Crippen LogP contribution in [0.4, 0.5) is 5.95 Å². The third kappa shape index (κ3) is 2.67. The van der Waals surface area contributed by atoms with Crippen LogP contribution in [0.2, 0.25) is 0 Å². The molecule has 3 N–H and O–H groups in total. The lowest BCUT2D eigenvalue weighted by Gasteiger charge is -2.04. The molecule has 0 fully saturated rings. The molecular formula is C5H11N5O2S. The number of nitrogens with zero attached hydrogens (tertiary/aromatic N) is 3. The van der Waals surface area contributed by atoms with Crippen LogP contribution in [-0.2, 0) is 17.1 Å². The quantitative estimate of drug-likeness (QED) is 0.623. The largest absolute Gasteiger partial charge is 0.329 e. The summed E-state index contributed by atoms with van der Waals surface area (Å²) in [6.07, 6.45) is 1.40. The second kappa shape index (κ2) is 3.71. The van der Waals surface area contributed by atoms with Gasteiger partial charge >= 0.3 is 0 Å². The van der Waals surface area contributed by atoms with Crippen LogP contribution in [-0.4, -0.2) is 35.5 Å². The first-order valence-electron chi connectivity index (χ1n) is 3.60. The highest BCUT2D eigenvalue weighted by atomic mass is 32.2. The minimum absolute atomic E-state index is 0.0766. The van der Waals surface area contributed by atoms with Gasteiger partial charge in [0.15, 0.2) is 0 Å². The summed E-state index contributed by atoms with van der Waals surface area (Å²) >= 11 is 0. The van der Waals surface area contributed by atoms with E-state index in [9.17, 15) is 8.42 Å². The summed E-state index contributed by atoms with van der Waals surface area (Å²) in [6, 6.07) is 0. The fraction of sp³-hybridized carbons (Fsp3) is 0.600. The fourth-order valence-electron chi connectivity index (χ4n) is 0.721.